The molecule has 5 heteroatoms. The molecule has 0 bridgehead atoms. The summed E-state index contributed by atoms with van der Waals surface area (Å²) in [5.41, 5.74) is 0. The van der Waals surface area contributed by atoms with E-state index in [2.05, 4.69) is 0 Å². The van der Waals surface area contributed by atoms with Crippen molar-refractivity contribution in [2.24, 2.45) is 0 Å². The fourth-order valence-corrected chi connectivity index (χ4v) is 3.53. The van der Waals surface area contributed by atoms with Crippen LogP contribution < -0.4 is 0 Å². The topological polar surface area (TPSA) is 58.9 Å². The van der Waals surface area contributed by atoms with Crippen LogP contribution in [0.1, 0.15) is 32.1 Å². The summed E-state index contributed by atoms with van der Waals surface area (Å²) in [5.74, 6) is 0. The minimum Gasteiger partial charge on any atom is -0.351 e. The number of hydrogen-bond acceptors (Lipinski definition) is 4. The number of hydrogen-bond donors (Lipinski definition) is 2. The minimum absolute atomic E-state index is 0.568. The molecule has 0 aromatic rings. The van der Waals surface area contributed by atoms with E-state index in [9.17, 15) is 10.00 Å². The molecule has 0 aliphatic heterocycles. The Labute approximate surface area is 79.4 Å². The van der Waals surface area contributed by atoms with Crippen molar-refractivity contribution in [3.63, 3.8) is 0 Å². The first-order valence-electron chi connectivity index (χ1n) is 4.54. The second-order valence-corrected chi connectivity index (χ2v) is 6.03. The van der Waals surface area contributed by atoms with E-state index >= 15 is 0 Å². The van der Waals surface area contributed by atoms with Crippen molar-refractivity contribution in [2.75, 3.05) is 14.2 Å². The molecular formula is C8H18O4P+. The number of aliphatic hydroxyl groups is 1. The van der Waals surface area contributed by atoms with Crippen molar-refractivity contribution < 1.29 is 19.0 Å². The molecule has 1 rings (SSSR count). The molecule has 0 aromatic carbocycles. The summed E-state index contributed by atoms with van der Waals surface area (Å²) in [4.78, 5) is 9.93. The molecule has 1 fully saturated rings. The lowest BCUT2D eigenvalue weighted by atomic mass is 9.97. The lowest BCUT2D eigenvalue weighted by Gasteiger charge is -2.33. The monoisotopic (exact) mass is 209 g/mol. The molecule has 0 amide bonds. The van der Waals surface area contributed by atoms with E-state index in [4.69, 9.17) is 9.05 Å². The first-order valence-corrected chi connectivity index (χ1v) is 6.11. The molecule has 0 unspecified atom stereocenters. The molecule has 4 nitrogen and oxygen atoms in total. The van der Waals surface area contributed by atoms with E-state index in [0.29, 0.717) is 12.8 Å². The van der Waals surface area contributed by atoms with Gasteiger partial charge < -0.3 is 5.11 Å². The summed E-state index contributed by atoms with van der Waals surface area (Å²) in [7, 11) is -0.305. The lowest BCUT2D eigenvalue weighted by molar-refractivity contribution is 0.0321. The van der Waals surface area contributed by atoms with Crippen LogP contribution in [-0.2, 0) is 9.05 Å². The van der Waals surface area contributed by atoms with E-state index < -0.39 is 13.3 Å². The van der Waals surface area contributed by atoms with Gasteiger partial charge in [0.1, 0.15) is 0 Å². The van der Waals surface area contributed by atoms with Crippen molar-refractivity contribution in [3.8, 4) is 0 Å². The minimum atomic E-state index is -3.06. The molecule has 1 aliphatic carbocycles. The smallest absolute Gasteiger partial charge is 0.351 e. The van der Waals surface area contributed by atoms with Crippen LogP contribution >= 0.6 is 7.94 Å². The van der Waals surface area contributed by atoms with Crippen LogP contribution in [0.15, 0.2) is 0 Å². The van der Waals surface area contributed by atoms with Crippen LogP contribution in [0.5, 0.6) is 0 Å². The van der Waals surface area contributed by atoms with E-state index in [1.807, 2.05) is 0 Å². The predicted octanol–water partition coefficient (Wildman–Crippen LogP) is 1.69. The first-order chi connectivity index (χ1) is 6.08. The van der Waals surface area contributed by atoms with Gasteiger partial charge in [-0.25, -0.2) is 0 Å². The van der Waals surface area contributed by atoms with Gasteiger partial charge in [-0.1, -0.05) is 6.42 Å². The highest BCUT2D eigenvalue weighted by Gasteiger charge is 2.61. The largest absolute Gasteiger partial charge is 0.442 e. The molecule has 0 heterocycles. The van der Waals surface area contributed by atoms with E-state index in [1.165, 1.54) is 14.2 Å². The molecule has 1 saturated carbocycles. The molecule has 78 valence electrons. The molecule has 0 saturated heterocycles. The van der Waals surface area contributed by atoms with Crippen LogP contribution in [0.25, 0.3) is 0 Å². The van der Waals surface area contributed by atoms with Gasteiger partial charge in [0.15, 0.2) is 0 Å². The second kappa shape index (κ2) is 4.20. The summed E-state index contributed by atoms with van der Waals surface area (Å²) in [6.45, 7) is 0. The Bertz CT molecular complexity index is 164. The zero-order valence-corrected chi connectivity index (χ0v) is 9.09. The van der Waals surface area contributed by atoms with Crippen molar-refractivity contribution in [2.45, 2.75) is 37.4 Å². The average molecular weight is 209 g/mol. The van der Waals surface area contributed by atoms with Gasteiger partial charge in [0.2, 0.25) is 0 Å². The molecule has 0 radical (unpaired) electrons. The van der Waals surface area contributed by atoms with Crippen molar-refractivity contribution in [1.82, 2.24) is 0 Å². The maximum atomic E-state index is 10.1. The highest BCUT2D eigenvalue weighted by molar-refractivity contribution is 7.62. The van der Waals surface area contributed by atoms with Gasteiger partial charge in [-0.3, -0.25) is 0 Å². The SMILES string of the molecule is CO[P+](O)(OC)C1(O)CCCCC1. The van der Waals surface area contributed by atoms with Crippen LogP contribution in [0.3, 0.4) is 0 Å². The summed E-state index contributed by atoms with van der Waals surface area (Å²) in [6.07, 6.45) is 4.09. The van der Waals surface area contributed by atoms with Crippen LogP contribution in [-0.4, -0.2) is 29.6 Å². The standard InChI is InChI=1S/C8H18O4P/c1-11-13(10,12-2)8(9)6-4-3-5-7-8/h9-10H,3-7H2,1-2H3/q+1. The van der Waals surface area contributed by atoms with E-state index in [0.717, 1.165) is 19.3 Å². The Morgan fingerprint density at radius 2 is 1.54 bits per heavy atom. The van der Waals surface area contributed by atoms with Gasteiger partial charge >= 0.3 is 7.94 Å². The Morgan fingerprint density at radius 1 is 1.08 bits per heavy atom. The molecule has 0 atom stereocenters. The van der Waals surface area contributed by atoms with Gasteiger partial charge in [0.25, 0.3) is 5.34 Å². The summed E-state index contributed by atoms with van der Waals surface area (Å²) >= 11 is 0. The van der Waals surface area contributed by atoms with Crippen molar-refractivity contribution in [3.05, 3.63) is 0 Å². The normalized spacial score (nSPS) is 23.1. The maximum Gasteiger partial charge on any atom is 0.442 e. The first kappa shape index (κ1) is 11.3. The summed E-state index contributed by atoms with van der Waals surface area (Å²) < 4.78 is 9.85. The van der Waals surface area contributed by atoms with Gasteiger partial charge in [0, 0.05) is 12.8 Å². The van der Waals surface area contributed by atoms with Crippen molar-refractivity contribution in [1.29, 1.82) is 0 Å². The lowest BCUT2D eigenvalue weighted by Crippen LogP contribution is -2.35. The summed E-state index contributed by atoms with van der Waals surface area (Å²) in [6, 6.07) is 0. The quantitative estimate of drug-likeness (QED) is 0.694. The average Bonchev–Trinajstić information content (AvgIpc) is 2.17. The maximum absolute atomic E-state index is 10.1. The molecule has 2 N–H and O–H groups in total. The zero-order valence-electron chi connectivity index (χ0n) is 8.19. The molecule has 13 heavy (non-hydrogen) atoms. The van der Waals surface area contributed by atoms with Gasteiger partial charge in [-0.05, 0) is 12.8 Å². The number of rotatable bonds is 3. The molecular weight excluding hydrogens is 191 g/mol. The van der Waals surface area contributed by atoms with Crippen LogP contribution in [0.4, 0.5) is 0 Å². The fourth-order valence-electron chi connectivity index (χ4n) is 1.81. The van der Waals surface area contributed by atoms with E-state index in [1.54, 1.807) is 0 Å². The van der Waals surface area contributed by atoms with Crippen LogP contribution in [0.2, 0.25) is 0 Å². The molecule has 0 spiro atoms. The Balaban J connectivity index is 2.74. The van der Waals surface area contributed by atoms with Gasteiger partial charge in [-0.2, -0.15) is 13.9 Å². The zero-order chi connectivity index (χ0) is 9.95. The predicted molar refractivity (Wildman–Crippen MR) is 51.2 cm³/mol. The third-order valence-electron chi connectivity index (χ3n) is 2.68. The Morgan fingerprint density at radius 3 is 1.92 bits per heavy atom. The van der Waals surface area contributed by atoms with Gasteiger partial charge in [-0.15, -0.1) is 0 Å². The molecule has 1 aliphatic rings. The Kier molecular flexibility index (Phi) is 3.66. The van der Waals surface area contributed by atoms with Crippen LogP contribution in [0, 0.1) is 0 Å². The van der Waals surface area contributed by atoms with Gasteiger partial charge in [0.05, 0.1) is 14.2 Å². The fraction of sp³-hybridized carbons (Fsp3) is 1.00. The van der Waals surface area contributed by atoms with Crippen molar-refractivity contribution >= 4 is 7.94 Å². The highest BCUT2D eigenvalue weighted by atomic mass is 31.2. The molecule has 0 aromatic heterocycles. The third-order valence-corrected chi connectivity index (χ3v) is 5.16. The van der Waals surface area contributed by atoms with E-state index in [-0.39, 0.29) is 0 Å². The Hall–Kier alpha value is 0.270. The second-order valence-electron chi connectivity index (χ2n) is 3.43. The highest BCUT2D eigenvalue weighted by Crippen LogP contribution is 2.69. The summed E-state index contributed by atoms with van der Waals surface area (Å²) in [5, 5.41) is 9.00. The third kappa shape index (κ3) is 2.03.